The summed E-state index contributed by atoms with van der Waals surface area (Å²) in [6.07, 6.45) is 39.9. The molecule has 0 aromatic carbocycles. The third-order valence-corrected chi connectivity index (χ3v) is 11.0. The summed E-state index contributed by atoms with van der Waals surface area (Å²) in [4.78, 5) is 48.0. The van der Waals surface area contributed by atoms with Gasteiger partial charge in [-0.2, -0.15) is 0 Å². The van der Waals surface area contributed by atoms with E-state index in [0.717, 1.165) is 103 Å². The summed E-state index contributed by atoms with van der Waals surface area (Å²) in [5, 5.41) is 9.71. The minimum atomic E-state index is -4.73. The molecule has 0 radical (unpaired) electrons. The molecule has 350 valence electrons. The fraction of sp³-hybridized carbons (Fsp3) is 0.812. The van der Waals surface area contributed by atoms with Gasteiger partial charge in [0.2, 0.25) is 0 Å². The second-order valence-corrected chi connectivity index (χ2v) is 17.4. The van der Waals surface area contributed by atoms with E-state index in [0.29, 0.717) is 19.3 Å². The molecule has 3 unspecified atom stereocenters. The molecule has 60 heavy (non-hydrogen) atoms. The fourth-order valence-electron chi connectivity index (χ4n) is 6.31. The Labute approximate surface area is 365 Å². The summed E-state index contributed by atoms with van der Waals surface area (Å²) in [5.74, 6) is -1.49. The Morgan fingerprint density at radius 2 is 0.867 bits per heavy atom. The predicted octanol–water partition coefficient (Wildman–Crippen LogP) is 12.9. The van der Waals surface area contributed by atoms with Gasteiger partial charge in [-0.25, -0.2) is 4.57 Å². The van der Waals surface area contributed by atoms with Crippen LogP contribution < -0.4 is 0 Å². The van der Waals surface area contributed by atoms with Gasteiger partial charge in [0.15, 0.2) is 6.10 Å². The predicted molar refractivity (Wildman–Crippen MR) is 242 cm³/mol. The number of carbonyl (C=O) groups is 3. The first kappa shape index (κ1) is 57.7. The number of unbranched alkanes of at least 4 members (excludes halogenated alkanes) is 21. The van der Waals surface area contributed by atoms with Gasteiger partial charge in [-0.15, -0.1) is 0 Å². The molecule has 0 aromatic rings. The van der Waals surface area contributed by atoms with E-state index < -0.39 is 57.8 Å². The van der Waals surface area contributed by atoms with Crippen molar-refractivity contribution in [2.45, 2.75) is 226 Å². The number of allylic oxidation sites excluding steroid dienone is 6. The Morgan fingerprint density at radius 1 is 0.467 bits per heavy atom. The molecule has 0 aliphatic rings. The van der Waals surface area contributed by atoms with Crippen molar-refractivity contribution in [3.8, 4) is 0 Å². The molecule has 3 atom stereocenters. The number of hydrogen-bond acceptors (Lipinski definition) is 10. The number of phosphoric ester groups is 1. The van der Waals surface area contributed by atoms with E-state index in [1.165, 1.54) is 51.4 Å². The van der Waals surface area contributed by atoms with E-state index in [1.807, 2.05) is 0 Å². The molecule has 0 saturated heterocycles. The Balaban J connectivity index is 4.77. The van der Waals surface area contributed by atoms with E-state index in [1.54, 1.807) is 0 Å². The molecule has 0 aromatic heterocycles. The molecule has 0 aliphatic heterocycles. The van der Waals surface area contributed by atoms with Crippen LogP contribution in [0.5, 0.6) is 0 Å². The molecule has 0 amide bonds. The van der Waals surface area contributed by atoms with Crippen LogP contribution in [0.15, 0.2) is 36.5 Å². The number of phosphoric acid groups is 1. The summed E-state index contributed by atoms with van der Waals surface area (Å²) in [7, 11) is -4.73. The van der Waals surface area contributed by atoms with Crippen molar-refractivity contribution in [3.05, 3.63) is 36.5 Å². The van der Waals surface area contributed by atoms with Gasteiger partial charge in [0, 0.05) is 19.3 Å². The van der Waals surface area contributed by atoms with Crippen LogP contribution in [0.2, 0.25) is 0 Å². The zero-order valence-electron chi connectivity index (χ0n) is 38.2. The van der Waals surface area contributed by atoms with Crippen molar-refractivity contribution in [3.63, 3.8) is 0 Å². The van der Waals surface area contributed by atoms with E-state index in [-0.39, 0.29) is 25.9 Å². The molecular formula is C48H87O11P. The third kappa shape index (κ3) is 41.1. The van der Waals surface area contributed by atoms with Gasteiger partial charge in [0.25, 0.3) is 0 Å². The fourth-order valence-corrected chi connectivity index (χ4v) is 7.10. The topological polar surface area (TPSA) is 155 Å². The van der Waals surface area contributed by atoms with Crippen LogP contribution in [0.25, 0.3) is 0 Å². The lowest BCUT2D eigenvalue weighted by Crippen LogP contribution is -2.30. The van der Waals surface area contributed by atoms with Gasteiger partial charge in [0.05, 0.1) is 19.8 Å². The average molecular weight is 871 g/mol. The molecular weight excluding hydrogens is 783 g/mol. The van der Waals surface area contributed by atoms with Crippen LogP contribution in [0.4, 0.5) is 0 Å². The monoisotopic (exact) mass is 871 g/mol. The van der Waals surface area contributed by atoms with Gasteiger partial charge in [-0.1, -0.05) is 166 Å². The Hall–Kier alpha value is -2.30. The number of aliphatic hydroxyl groups excluding tert-OH is 1. The van der Waals surface area contributed by atoms with Crippen molar-refractivity contribution in [1.82, 2.24) is 0 Å². The number of carbonyl (C=O) groups excluding carboxylic acids is 3. The van der Waals surface area contributed by atoms with Crippen LogP contribution in [0.3, 0.4) is 0 Å². The van der Waals surface area contributed by atoms with Crippen molar-refractivity contribution < 1.29 is 52.2 Å². The second-order valence-electron chi connectivity index (χ2n) is 15.9. The normalized spacial score (nSPS) is 13.9. The lowest BCUT2D eigenvalue weighted by atomic mass is 10.1. The highest BCUT2D eigenvalue weighted by Gasteiger charge is 2.28. The zero-order chi connectivity index (χ0) is 44.2. The van der Waals surface area contributed by atoms with Crippen molar-refractivity contribution in [2.75, 3.05) is 26.4 Å². The summed E-state index contributed by atoms with van der Waals surface area (Å²) in [6.45, 7) is 4.47. The number of hydrogen-bond donors (Lipinski definition) is 2. The van der Waals surface area contributed by atoms with Crippen LogP contribution in [-0.4, -0.2) is 66.5 Å². The van der Waals surface area contributed by atoms with Crippen LogP contribution >= 0.6 is 7.82 Å². The maximum atomic E-state index is 12.8. The van der Waals surface area contributed by atoms with Gasteiger partial charge >= 0.3 is 25.7 Å². The zero-order valence-corrected chi connectivity index (χ0v) is 39.1. The highest BCUT2D eigenvalue weighted by atomic mass is 31.2. The first-order chi connectivity index (χ1) is 29.2. The highest BCUT2D eigenvalue weighted by Crippen LogP contribution is 2.43. The van der Waals surface area contributed by atoms with Crippen LogP contribution in [0.1, 0.15) is 213 Å². The third-order valence-electron chi connectivity index (χ3n) is 10.0. The quantitative estimate of drug-likeness (QED) is 0.0198. The number of esters is 3. The highest BCUT2D eigenvalue weighted by molar-refractivity contribution is 7.47. The lowest BCUT2D eigenvalue weighted by Gasteiger charge is -2.21. The molecule has 0 aliphatic carbocycles. The largest absolute Gasteiger partial charge is 0.472 e. The molecule has 12 heteroatoms. The van der Waals surface area contributed by atoms with E-state index in [4.69, 9.17) is 23.3 Å². The number of rotatable bonds is 44. The van der Waals surface area contributed by atoms with Crippen molar-refractivity contribution in [1.29, 1.82) is 0 Å². The minimum Gasteiger partial charge on any atom is -0.462 e. The minimum absolute atomic E-state index is 0.156. The molecule has 0 fully saturated rings. The second kappa shape index (κ2) is 43.4. The van der Waals surface area contributed by atoms with Crippen LogP contribution in [-0.2, 0) is 42.2 Å². The van der Waals surface area contributed by atoms with E-state index >= 15 is 0 Å². The molecule has 0 heterocycles. The van der Waals surface area contributed by atoms with Gasteiger partial charge in [-0.05, 0) is 64.2 Å². The Kier molecular flexibility index (Phi) is 41.7. The summed E-state index contributed by atoms with van der Waals surface area (Å²) >= 11 is 0. The summed E-state index contributed by atoms with van der Waals surface area (Å²) in [5.41, 5.74) is 0. The maximum absolute atomic E-state index is 12.8. The standard InChI is InChI=1S/C48H87O11P/c1-4-7-10-13-16-19-21-22-24-26-28-31-34-37-46(50)55-41-45(59-48(52)39-36-33-30-27-23-20-17-14-11-8-5-2)43-57-60(53,54)56-42-44(40-49)58-47(51)38-35-32-29-25-18-15-12-9-6-3/h10,13-14,17,19,21,44-45,49H,4-9,11-12,15-16,18,20,22-43H2,1-3H3,(H,53,54)/b13-10-,17-14-,21-19-. The summed E-state index contributed by atoms with van der Waals surface area (Å²) < 4.78 is 39.1. The van der Waals surface area contributed by atoms with Gasteiger partial charge in [0.1, 0.15) is 12.7 Å². The molecule has 0 saturated carbocycles. The smallest absolute Gasteiger partial charge is 0.462 e. The van der Waals surface area contributed by atoms with Crippen LogP contribution in [0, 0.1) is 0 Å². The number of ether oxygens (including phenoxy) is 3. The molecule has 11 nitrogen and oxygen atoms in total. The molecule has 0 spiro atoms. The first-order valence-electron chi connectivity index (χ1n) is 23.9. The Morgan fingerprint density at radius 3 is 1.37 bits per heavy atom. The SMILES string of the molecule is CCC/C=C\C/C=C\CCCCCCCC(=O)OCC(COP(=O)(O)OCC(CO)OC(=O)CCCCCCCCCCC)OC(=O)CCCCCCC/C=C\CCCC. The lowest BCUT2D eigenvalue weighted by molar-refractivity contribution is -0.161. The van der Waals surface area contributed by atoms with Gasteiger partial charge in [-0.3, -0.25) is 23.4 Å². The maximum Gasteiger partial charge on any atom is 0.472 e. The van der Waals surface area contributed by atoms with Gasteiger partial charge < -0.3 is 24.2 Å². The Bertz CT molecular complexity index is 1160. The van der Waals surface area contributed by atoms with E-state index in [9.17, 15) is 28.9 Å². The van der Waals surface area contributed by atoms with E-state index in [2.05, 4.69) is 57.2 Å². The van der Waals surface area contributed by atoms with Crippen molar-refractivity contribution in [2.24, 2.45) is 0 Å². The first-order valence-corrected chi connectivity index (χ1v) is 25.4. The number of aliphatic hydroxyl groups is 1. The molecule has 2 N–H and O–H groups in total. The molecule has 0 bridgehead atoms. The molecule has 0 rings (SSSR count). The summed E-state index contributed by atoms with van der Waals surface area (Å²) in [6, 6.07) is 0. The average Bonchev–Trinajstić information content (AvgIpc) is 3.23. The van der Waals surface area contributed by atoms with Crippen molar-refractivity contribution >= 4 is 25.7 Å².